The molecule has 2 heterocycles. The molecule has 1 aliphatic carbocycles. The topological polar surface area (TPSA) is 111 Å². The van der Waals surface area contributed by atoms with Crippen LogP contribution in [0.25, 0.3) is 0 Å². The van der Waals surface area contributed by atoms with Crippen molar-refractivity contribution in [3.63, 3.8) is 0 Å². The predicted octanol–water partition coefficient (Wildman–Crippen LogP) is 5.20. The number of amides is 3. The van der Waals surface area contributed by atoms with E-state index in [2.05, 4.69) is 22.5 Å². The Morgan fingerprint density at radius 2 is 1.58 bits per heavy atom. The van der Waals surface area contributed by atoms with Crippen LogP contribution in [0.1, 0.15) is 93.5 Å². The standard InChI is InChI=1S/C35H48N4O5.ClH/c1-3-4-8-21-39-32(41)30(24-34(43)17-6-5-7-18-34)37-33(42)35(39)19-22-38(23-20-35)25-26-9-13-28(14-10-26)44-29-15-11-27(12-16-29)31(40)36-2;/h9-16,30,43H,3-8,17-25H2,1-2H3,(H,36,40)(H,37,42);1H/t30-;/m1./s1. The van der Waals surface area contributed by atoms with Crippen LogP contribution in [-0.4, -0.2) is 76.5 Å². The number of carbonyl (C=O) groups is 3. The van der Waals surface area contributed by atoms with Crippen LogP contribution in [0, 0.1) is 0 Å². The highest BCUT2D eigenvalue weighted by atomic mass is 35.5. The van der Waals surface area contributed by atoms with Gasteiger partial charge in [-0.15, -0.1) is 12.4 Å². The summed E-state index contributed by atoms with van der Waals surface area (Å²) in [4.78, 5) is 43.7. The average Bonchev–Trinajstić information content (AvgIpc) is 3.03. The summed E-state index contributed by atoms with van der Waals surface area (Å²) >= 11 is 0. The van der Waals surface area contributed by atoms with E-state index in [1.807, 2.05) is 29.2 Å². The highest BCUT2D eigenvalue weighted by molar-refractivity contribution is 6.00. The molecule has 0 radical (unpaired) electrons. The molecule has 10 heteroatoms. The number of piperidine rings is 1. The number of hydrogen-bond donors (Lipinski definition) is 3. The number of unbranched alkanes of at least 4 members (excludes halogenated alkanes) is 2. The van der Waals surface area contributed by atoms with Gasteiger partial charge in [-0.1, -0.05) is 51.2 Å². The highest BCUT2D eigenvalue weighted by Crippen LogP contribution is 2.38. The van der Waals surface area contributed by atoms with E-state index in [0.29, 0.717) is 55.7 Å². The van der Waals surface area contributed by atoms with Gasteiger partial charge in [-0.05, 0) is 74.1 Å². The number of piperazine rings is 1. The van der Waals surface area contributed by atoms with E-state index in [4.69, 9.17) is 4.74 Å². The minimum Gasteiger partial charge on any atom is -0.457 e. The average molecular weight is 641 g/mol. The number of ether oxygens (including phenoxy) is 1. The van der Waals surface area contributed by atoms with Crippen LogP contribution in [-0.2, 0) is 16.1 Å². The van der Waals surface area contributed by atoms with Gasteiger partial charge in [-0.25, -0.2) is 0 Å². The maximum Gasteiger partial charge on any atom is 0.251 e. The second-order valence-electron chi connectivity index (χ2n) is 12.9. The largest absolute Gasteiger partial charge is 0.457 e. The predicted molar refractivity (Wildman–Crippen MR) is 177 cm³/mol. The Balaban J connectivity index is 0.00000461. The van der Waals surface area contributed by atoms with Gasteiger partial charge in [0.2, 0.25) is 11.8 Å². The summed E-state index contributed by atoms with van der Waals surface area (Å²) in [5, 5.41) is 16.9. The highest BCUT2D eigenvalue weighted by Gasteiger charge is 2.54. The van der Waals surface area contributed by atoms with Gasteiger partial charge in [0.25, 0.3) is 5.91 Å². The number of halogens is 1. The quantitative estimate of drug-likeness (QED) is 0.291. The van der Waals surface area contributed by atoms with Gasteiger partial charge < -0.3 is 25.4 Å². The van der Waals surface area contributed by atoms with E-state index in [9.17, 15) is 19.5 Å². The zero-order chi connectivity index (χ0) is 31.2. The minimum absolute atomic E-state index is 0. The Morgan fingerprint density at radius 3 is 2.18 bits per heavy atom. The molecular weight excluding hydrogens is 592 g/mol. The molecule has 2 aliphatic heterocycles. The molecule has 45 heavy (non-hydrogen) atoms. The summed E-state index contributed by atoms with van der Waals surface area (Å²) in [7, 11) is 1.60. The van der Waals surface area contributed by atoms with Crippen molar-refractivity contribution in [3.05, 3.63) is 59.7 Å². The van der Waals surface area contributed by atoms with E-state index in [1.54, 1.807) is 31.3 Å². The van der Waals surface area contributed by atoms with Gasteiger partial charge >= 0.3 is 0 Å². The SMILES string of the molecule is CCCCCN1C(=O)[C@@H](CC2(O)CCCCC2)NC(=O)C12CCN(Cc1ccc(Oc3ccc(C(=O)NC)cc3)cc1)CC2.Cl. The Hall–Kier alpha value is -3.14. The summed E-state index contributed by atoms with van der Waals surface area (Å²) in [6.45, 7) is 4.92. The molecule has 0 bridgehead atoms. The third-order valence-electron chi connectivity index (χ3n) is 9.75. The van der Waals surface area contributed by atoms with Gasteiger partial charge in [0, 0.05) is 45.2 Å². The molecule has 2 aromatic rings. The van der Waals surface area contributed by atoms with E-state index >= 15 is 0 Å². The van der Waals surface area contributed by atoms with Crippen LogP contribution in [0.15, 0.2) is 48.5 Å². The van der Waals surface area contributed by atoms with Crippen molar-refractivity contribution in [2.45, 2.75) is 101 Å². The molecule has 246 valence electrons. The maximum absolute atomic E-state index is 13.9. The van der Waals surface area contributed by atoms with Crippen LogP contribution in [0.5, 0.6) is 11.5 Å². The molecule has 1 saturated carbocycles. The molecule has 2 saturated heterocycles. The smallest absolute Gasteiger partial charge is 0.251 e. The molecule has 3 amide bonds. The van der Waals surface area contributed by atoms with E-state index < -0.39 is 17.2 Å². The lowest BCUT2D eigenvalue weighted by molar-refractivity contribution is -0.163. The van der Waals surface area contributed by atoms with E-state index in [-0.39, 0.29) is 30.1 Å². The van der Waals surface area contributed by atoms with Gasteiger partial charge in [-0.3, -0.25) is 19.3 Å². The number of benzene rings is 2. The molecule has 5 rings (SSSR count). The normalized spacial score (nSPS) is 21.1. The van der Waals surface area contributed by atoms with Crippen molar-refractivity contribution in [2.24, 2.45) is 0 Å². The Morgan fingerprint density at radius 1 is 0.956 bits per heavy atom. The number of rotatable bonds is 11. The zero-order valence-electron chi connectivity index (χ0n) is 26.7. The molecule has 9 nitrogen and oxygen atoms in total. The fourth-order valence-electron chi connectivity index (χ4n) is 7.11. The first kappa shape index (κ1) is 34.7. The molecule has 0 unspecified atom stereocenters. The van der Waals surface area contributed by atoms with Crippen molar-refractivity contribution < 1.29 is 24.2 Å². The summed E-state index contributed by atoms with van der Waals surface area (Å²) in [5.74, 6) is 1.16. The minimum atomic E-state index is -0.868. The fourth-order valence-corrected chi connectivity index (χ4v) is 7.11. The zero-order valence-corrected chi connectivity index (χ0v) is 27.5. The van der Waals surface area contributed by atoms with Crippen molar-refractivity contribution in [1.29, 1.82) is 0 Å². The molecule has 3 fully saturated rings. The number of carbonyl (C=O) groups excluding carboxylic acids is 3. The van der Waals surface area contributed by atoms with Gasteiger partial charge in [-0.2, -0.15) is 0 Å². The fraction of sp³-hybridized carbons (Fsp3) is 0.571. The number of nitrogens with zero attached hydrogens (tertiary/aromatic N) is 2. The first-order chi connectivity index (χ1) is 21.2. The number of hydrogen-bond acceptors (Lipinski definition) is 6. The Labute approximate surface area is 273 Å². The molecule has 3 N–H and O–H groups in total. The lowest BCUT2D eigenvalue weighted by Crippen LogP contribution is -2.73. The summed E-state index contributed by atoms with van der Waals surface area (Å²) in [6.07, 6.45) is 8.89. The lowest BCUT2D eigenvalue weighted by atomic mass is 9.77. The second kappa shape index (κ2) is 15.4. The van der Waals surface area contributed by atoms with Crippen LogP contribution < -0.4 is 15.4 Å². The van der Waals surface area contributed by atoms with Gasteiger partial charge in [0.15, 0.2) is 0 Å². The third-order valence-corrected chi connectivity index (χ3v) is 9.75. The number of likely N-dealkylation sites (tertiary alicyclic amines) is 1. The Bertz CT molecular complexity index is 1290. The molecule has 3 aliphatic rings. The monoisotopic (exact) mass is 640 g/mol. The van der Waals surface area contributed by atoms with E-state index in [1.165, 1.54) is 0 Å². The summed E-state index contributed by atoms with van der Waals surface area (Å²) in [5.41, 5.74) is 0.0359. The van der Waals surface area contributed by atoms with Crippen molar-refractivity contribution >= 4 is 30.1 Å². The molecule has 2 aromatic carbocycles. The first-order valence-corrected chi connectivity index (χ1v) is 16.4. The molecule has 1 atom stereocenters. The van der Waals surface area contributed by atoms with Crippen molar-refractivity contribution in [1.82, 2.24) is 20.4 Å². The second-order valence-corrected chi connectivity index (χ2v) is 12.9. The Kier molecular flexibility index (Phi) is 11.9. The van der Waals surface area contributed by atoms with Crippen molar-refractivity contribution in [3.8, 4) is 11.5 Å². The summed E-state index contributed by atoms with van der Waals surface area (Å²) < 4.78 is 5.96. The molecular formula is C35H49ClN4O5. The molecule has 0 aromatic heterocycles. The molecule has 1 spiro atoms. The number of aliphatic hydroxyl groups is 1. The first-order valence-electron chi connectivity index (χ1n) is 16.4. The van der Waals surface area contributed by atoms with Crippen LogP contribution in [0.2, 0.25) is 0 Å². The summed E-state index contributed by atoms with van der Waals surface area (Å²) in [6, 6.07) is 14.4. The van der Waals surface area contributed by atoms with Crippen LogP contribution in [0.4, 0.5) is 0 Å². The lowest BCUT2D eigenvalue weighted by Gasteiger charge is -2.52. The maximum atomic E-state index is 13.9. The van der Waals surface area contributed by atoms with Crippen LogP contribution >= 0.6 is 12.4 Å². The van der Waals surface area contributed by atoms with Gasteiger partial charge in [0.1, 0.15) is 23.1 Å². The van der Waals surface area contributed by atoms with E-state index in [0.717, 1.165) is 63.7 Å². The number of nitrogens with one attached hydrogen (secondary N) is 2. The van der Waals surface area contributed by atoms with Gasteiger partial charge in [0.05, 0.1) is 5.60 Å². The third kappa shape index (κ3) is 8.18. The van der Waals surface area contributed by atoms with Crippen LogP contribution in [0.3, 0.4) is 0 Å². The van der Waals surface area contributed by atoms with Crippen molar-refractivity contribution in [2.75, 3.05) is 26.7 Å².